The van der Waals surface area contributed by atoms with Gasteiger partial charge in [0.15, 0.2) is 0 Å². The Kier molecular flexibility index (Phi) is 8.29. The zero-order valence-corrected chi connectivity index (χ0v) is 19.4. The van der Waals surface area contributed by atoms with Crippen LogP contribution in [0.2, 0.25) is 0 Å². The van der Waals surface area contributed by atoms with E-state index in [1.807, 2.05) is 35.4 Å². The average Bonchev–Trinajstić information content (AvgIpc) is 3.36. The molecular weight excluding hydrogens is 456 g/mol. The molecule has 2 aromatic rings. The summed E-state index contributed by atoms with van der Waals surface area (Å²) in [6.07, 6.45) is -2.67. The largest absolute Gasteiger partial charge is 0.395 e. The van der Waals surface area contributed by atoms with Crippen LogP contribution in [-0.2, 0) is 24.5 Å². The molecule has 4 rings (SSSR count). The molecule has 0 saturated carbocycles. The van der Waals surface area contributed by atoms with Gasteiger partial charge in [0.25, 0.3) is 5.69 Å². The standard InChI is InChI=1S/C24H32N4O7/c29-15-21-23(31)24(32)22(30)14-26(21)12-17-4-2-16(3-5-17)11-25-19-7-6-18(10-20(19)28(33)34)13-27-8-1-9-35-27/h2-7,10,21-25,29-32H,1,8-9,11-15H2/t21-,22+,23-,24-/m1/s1. The lowest BCUT2D eigenvalue weighted by Crippen LogP contribution is -2.62. The fourth-order valence-electron chi connectivity index (χ4n) is 4.56. The number of likely N-dealkylation sites (tertiary alicyclic amines) is 1. The summed E-state index contributed by atoms with van der Waals surface area (Å²) < 4.78 is 0. The average molecular weight is 489 g/mol. The van der Waals surface area contributed by atoms with Crippen LogP contribution >= 0.6 is 0 Å². The van der Waals surface area contributed by atoms with Crippen molar-refractivity contribution in [2.75, 3.05) is 31.6 Å². The van der Waals surface area contributed by atoms with Crippen molar-refractivity contribution in [2.45, 2.75) is 50.4 Å². The number of β-amino-alcohol motifs (C(OH)–C–C–N with tert-alkyl or cyclic N) is 1. The van der Waals surface area contributed by atoms with Crippen molar-refractivity contribution >= 4 is 11.4 Å². The molecule has 11 heteroatoms. The number of hydroxylamine groups is 2. The number of nitrogens with one attached hydrogen (secondary N) is 1. The van der Waals surface area contributed by atoms with Gasteiger partial charge >= 0.3 is 0 Å². The molecule has 2 fully saturated rings. The van der Waals surface area contributed by atoms with Crippen molar-refractivity contribution in [3.63, 3.8) is 0 Å². The summed E-state index contributed by atoms with van der Waals surface area (Å²) in [5.74, 6) is 0. The molecule has 2 aromatic carbocycles. The summed E-state index contributed by atoms with van der Waals surface area (Å²) in [5, 5.41) is 56.2. The number of nitro benzene ring substituents is 1. The van der Waals surface area contributed by atoms with Gasteiger partial charge in [0, 0.05) is 38.8 Å². The van der Waals surface area contributed by atoms with E-state index in [2.05, 4.69) is 5.32 Å². The van der Waals surface area contributed by atoms with E-state index in [0.717, 1.165) is 29.7 Å². The Hall–Kier alpha value is -2.64. The van der Waals surface area contributed by atoms with Crippen molar-refractivity contribution in [3.05, 3.63) is 69.3 Å². The molecule has 11 nitrogen and oxygen atoms in total. The minimum Gasteiger partial charge on any atom is -0.395 e. The molecule has 190 valence electrons. The summed E-state index contributed by atoms with van der Waals surface area (Å²) >= 11 is 0. The van der Waals surface area contributed by atoms with Gasteiger partial charge in [-0.1, -0.05) is 30.3 Å². The zero-order chi connectivity index (χ0) is 24.9. The second-order valence-corrected chi connectivity index (χ2v) is 9.06. The minimum absolute atomic E-state index is 0.0118. The Balaban J connectivity index is 1.37. The number of nitro groups is 1. The highest BCUT2D eigenvalue weighted by Gasteiger charge is 2.40. The predicted molar refractivity (Wildman–Crippen MR) is 127 cm³/mol. The molecule has 0 aliphatic carbocycles. The molecule has 0 bridgehead atoms. The van der Waals surface area contributed by atoms with Gasteiger partial charge < -0.3 is 25.7 Å². The van der Waals surface area contributed by atoms with Crippen molar-refractivity contribution in [1.82, 2.24) is 9.96 Å². The predicted octanol–water partition coefficient (Wildman–Crippen LogP) is 0.603. The van der Waals surface area contributed by atoms with Gasteiger partial charge in [-0.2, -0.15) is 5.06 Å². The van der Waals surface area contributed by atoms with Gasteiger partial charge in [-0.15, -0.1) is 0 Å². The maximum Gasteiger partial charge on any atom is 0.292 e. The molecule has 0 spiro atoms. The molecule has 0 aromatic heterocycles. The van der Waals surface area contributed by atoms with Gasteiger partial charge in [-0.3, -0.25) is 19.9 Å². The van der Waals surface area contributed by atoms with E-state index in [-0.39, 0.29) is 18.8 Å². The molecule has 2 aliphatic heterocycles. The van der Waals surface area contributed by atoms with Crippen LogP contribution < -0.4 is 5.32 Å². The van der Waals surface area contributed by atoms with Gasteiger partial charge in [-0.05, 0) is 29.2 Å². The number of anilines is 1. The number of hydrogen-bond donors (Lipinski definition) is 5. The molecule has 35 heavy (non-hydrogen) atoms. The summed E-state index contributed by atoms with van der Waals surface area (Å²) in [6, 6.07) is 12.1. The van der Waals surface area contributed by atoms with Gasteiger partial charge in [-0.25, -0.2) is 0 Å². The lowest BCUT2D eigenvalue weighted by Gasteiger charge is -2.43. The zero-order valence-electron chi connectivity index (χ0n) is 19.4. The van der Waals surface area contributed by atoms with Gasteiger partial charge in [0.2, 0.25) is 0 Å². The van der Waals surface area contributed by atoms with Crippen molar-refractivity contribution in [1.29, 1.82) is 0 Å². The van der Waals surface area contributed by atoms with Crippen LogP contribution in [0.25, 0.3) is 0 Å². The summed E-state index contributed by atoms with van der Waals surface area (Å²) in [4.78, 5) is 18.4. The summed E-state index contributed by atoms with van der Waals surface area (Å²) in [5.41, 5.74) is 3.09. The van der Waals surface area contributed by atoms with Crippen molar-refractivity contribution < 1.29 is 30.2 Å². The van der Waals surface area contributed by atoms with E-state index in [4.69, 9.17) is 4.84 Å². The SMILES string of the molecule is O=[N+]([O-])c1cc(CN2CCCO2)ccc1NCc1ccc(CN2C[C@H](O)[C@@H](O)[C@H](O)[C@H]2CO)cc1. The first-order valence-electron chi connectivity index (χ1n) is 11.7. The van der Waals surface area contributed by atoms with Crippen LogP contribution in [0.4, 0.5) is 11.4 Å². The molecule has 2 saturated heterocycles. The van der Waals surface area contributed by atoms with Crippen LogP contribution in [0, 0.1) is 10.1 Å². The van der Waals surface area contributed by atoms with E-state index in [0.29, 0.717) is 31.9 Å². The van der Waals surface area contributed by atoms with Crippen LogP contribution in [-0.4, -0.2) is 86.0 Å². The first kappa shape index (κ1) is 25.5. The Morgan fingerprint density at radius 1 is 1.03 bits per heavy atom. The third-order valence-corrected chi connectivity index (χ3v) is 6.55. The topological polar surface area (TPSA) is 152 Å². The van der Waals surface area contributed by atoms with Crippen LogP contribution in [0.15, 0.2) is 42.5 Å². The number of hydrogen-bond acceptors (Lipinski definition) is 10. The molecule has 0 radical (unpaired) electrons. The molecule has 0 unspecified atom stereocenters. The Bertz CT molecular complexity index is 1000. The normalized spacial score (nSPS) is 25.6. The highest BCUT2D eigenvalue weighted by Crippen LogP contribution is 2.27. The summed E-state index contributed by atoms with van der Waals surface area (Å²) in [7, 11) is 0. The number of aliphatic hydroxyl groups is 4. The smallest absolute Gasteiger partial charge is 0.292 e. The quantitative estimate of drug-likeness (QED) is 0.251. The second kappa shape index (κ2) is 11.4. The van der Waals surface area contributed by atoms with E-state index in [9.17, 15) is 30.5 Å². The van der Waals surface area contributed by atoms with Crippen molar-refractivity contribution in [2.24, 2.45) is 0 Å². The Morgan fingerprint density at radius 3 is 2.40 bits per heavy atom. The Morgan fingerprint density at radius 2 is 1.74 bits per heavy atom. The van der Waals surface area contributed by atoms with Crippen LogP contribution in [0.5, 0.6) is 0 Å². The molecule has 2 aliphatic rings. The van der Waals surface area contributed by atoms with E-state index < -0.39 is 29.3 Å². The van der Waals surface area contributed by atoms with Crippen molar-refractivity contribution in [3.8, 4) is 0 Å². The number of benzene rings is 2. The fraction of sp³-hybridized carbons (Fsp3) is 0.500. The third-order valence-electron chi connectivity index (χ3n) is 6.55. The monoisotopic (exact) mass is 488 g/mol. The molecule has 5 N–H and O–H groups in total. The van der Waals surface area contributed by atoms with Gasteiger partial charge in [0.05, 0.1) is 30.3 Å². The third kappa shape index (κ3) is 6.14. The van der Waals surface area contributed by atoms with Crippen LogP contribution in [0.1, 0.15) is 23.1 Å². The maximum atomic E-state index is 11.6. The van der Waals surface area contributed by atoms with Gasteiger partial charge in [0.1, 0.15) is 17.9 Å². The molecular formula is C24H32N4O7. The number of aliphatic hydroxyl groups excluding tert-OH is 4. The lowest BCUT2D eigenvalue weighted by molar-refractivity contribution is -0.384. The minimum atomic E-state index is -1.29. The molecule has 2 heterocycles. The van der Waals surface area contributed by atoms with E-state index in [1.165, 1.54) is 0 Å². The number of rotatable bonds is 9. The number of nitrogens with zero attached hydrogens (tertiary/aromatic N) is 3. The highest BCUT2D eigenvalue weighted by atomic mass is 16.7. The summed E-state index contributed by atoms with van der Waals surface area (Å²) in [6.45, 7) is 2.56. The van der Waals surface area contributed by atoms with E-state index in [1.54, 1.807) is 17.0 Å². The fourth-order valence-corrected chi connectivity index (χ4v) is 4.56. The highest BCUT2D eigenvalue weighted by molar-refractivity contribution is 5.62. The Labute approximate surface area is 203 Å². The number of piperidine rings is 1. The van der Waals surface area contributed by atoms with Crippen LogP contribution in [0.3, 0.4) is 0 Å². The lowest BCUT2D eigenvalue weighted by atomic mass is 9.93. The maximum absolute atomic E-state index is 11.6. The molecule has 0 amide bonds. The first-order valence-corrected chi connectivity index (χ1v) is 11.7. The second-order valence-electron chi connectivity index (χ2n) is 9.06. The van der Waals surface area contributed by atoms with E-state index >= 15 is 0 Å². The molecule has 4 atom stereocenters. The first-order chi connectivity index (χ1) is 16.9.